The molecule has 0 aromatic rings. The highest BCUT2D eigenvalue weighted by molar-refractivity contribution is 5.91. The topological polar surface area (TPSA) is 138 Å². The number of primary amides is 1. The molecule has 0 aliphatic rings. The van der Waals surface area contributed by atoms with Gasteiger partial charge in [-0.3, -0.25) is 9.59 Å². The molecule has 2 unspecified atom stereocenters. The maximum absolute atomic E-state index is 11.5. The summed E-state index contributed by atoms with van der Waals surface area (Å²) in [6.07, 6.45) is 9.77. The summed E-state index contributed by atoms with van der Waals surface area (Å²) >= 11 is 0. The lowest BCUT2D eigenvalue weighted by Gasteiger charge is -2.29. The molecule has 0 bridgehead atoms. The monoisotopic (exact) mass is 359 g/mol. The fourth-order valence-corrected chi connectivity index (χ4v) is 3.03. The molecular formula is C18H33NO6. The summed E-state index contributed by atoms with van der Waals surface area (Å²) in [5.74, 6) is -5.61. The van der Waals surface area contributed by atoms with Crippen LogP contribution in [0.1, 0.15) is 84.0 Å². The summed E-state index contributed by atoms with van der Waals surface area (Å²) in [6, 6.07) is 0. The molecule has 0 rings (SSSR count). The average Bonchev–Trinajstić information content (AvgIpc) is 2.51. The van der Waals surface area contributed by atoms with Gasteiger partial charge in [-0.15, -0.1) is 0 Å². The second-order valence-corrected chi connectivity index (χ2v) is 6.73. The van der Waals surface area contributed by atoms with E-state index in [-0.39, 0.29) is 6.42 Å². The van der Waals surface area contributed by atoms with Gasteiger partial charge in [-0.2, -0.15) is 0 Å². The third-order valence-corrected chi connectivity index (χ3v) is 4.56. The molecule has 0 saturated carbocycles. The van der Waals surface area contributed by atoms with Crippen LogP contribution in [0, 0.1) is 5.92 Å². The van der Waals surface area contributed by atoms with Crippen molar-refractivity contribution in [2.45, 2.75) is 89.6 Å². The van der Waals surface area contributed by atoms with Crippen molar-refractivity contribution in [3.63, 3.8) is 0 Å². The number of hydrogen-bond donors (Lipinski definition) is 4. The Labute approximate surface area is 149 Å². The fraction of sp³-hybridized carbons (Fsp3) is 0.833. The molecule has 0 spiro atoms. The van der Waals surface area contributed by atoms with Crippen molar-refractivity contribution in [2.24, 2.45) is 11.7 Å². The molecule has 0 radical (unpaired) electrons. The van der Waals surface area contributed by atoms with E-state index >= 15 is 0 Å². The van der Waals surface area contributed by atoms with Crippen LogP contribution in [0.2, 0.25) is 0 Å². The molecule has 25 heavy (non-hydrogen) atoms. The molecule has 0 aromatic carbocycles. The molecule has 0 aromatic heterocycles. The lowest BCUT2D eigenvalue weighted by Crippen LogP contribution is -2.52. The minimum Gasteiger partial charge on any atom is -0.481 e. The van der Waals surface area contributed by atoms with E-state index in [9.17, 15) is 19.5 Å². The van der Waals surface area contributed by atoms with Crippen LogP contribution in [-0.4, -0.2) is 38.8 Å². The SMILES string of the molecule is CCCCCCCCCCCCC(C(N)=O)C(O)(CC(=O)O)C(=O)O. The van der Waals surface area contributed by atoms with Crippen LogP contribution in [0.3, 0.4) is 0 Å². The van der Waals surface area contributed by atoms with Crippen molar-refractivity contribution < 1.29 is 29.7 Å². The second kappa shape index (κ2) is 12.7. The summed E-state index contributed by atoms with van der Waals surface area (Å²) in [6.45, 7) is 2.18. The Hall–Kier alpha value is -1.63. The van der Waals surface area contributed by atoms with E-state index in [4.69, 9.17) is 15.9 Å². The van der Waals surface area contributed by atoms with Gasteiger partial charge < -0.3 is 21.1 Å². The summed E-state index contributed by atoms with van der Waals surface area (Å²) < 4.78 is 0. The van der Waals surface area contributed by atoms with Crippen LogP contribution in [0.15, 0.2) is 0 Å². The Morgan fingerprint density at radius 1 is 0.880 bits per heavy atom. The summed E-state index contributed by atoms with van der Waals surface area (Å²) in [7, 11) is 0. The van der Waals surface area contributed by atoms with Crippen LogP contribution < -0.4 is 5.73 Å². The van der Waals surface area contributed by atoms with Crippen LogP contribution in [0.25, 0.3) is 0 Å². The number of rotatable bonds is 16. The van der Waals surface area contributed by atoms with Crippen LogP contribution >= 0.6 is 0 Å². The zero-order valence-corrected chi connectivity index (χ0v) is 15.2. The Morgan fingerprint density at radius 2 is 1.32 bits per heavy atom. The molecule has 0 aliphatic carbocycles. The number of carbonyl (C=O) groups is 3. The first kappa shape index (κ1) is 23.4. The quantitative estimate of drug-likeness (QED) is 0.313. The van der Waals surface area contributed by atoms with Crippen molar-refractivity contribution in [3.8, 4) is 0 Å². The zero-order valence-electron chi connectivity index (χ0n) is 15.2. The Kier molecular flexibility index (Phi) is 11.9. The third-order valence-electron chi connectivity index (χ3n) is 4.56. The first-order chi connectivity index (χ1) is 11.8. The van der Waals surface area contributed by atoms with Gasteiger partial charge in [-0.05, 0) is 6.42 Å². The largest absolute Gasteiger partial charge is 0.481 e. The predicted molar refractivity (Wildman–Crippen MR) is 94.0 cm³/mol. The number of aliphatic hydroxyl groups is 1. The van der Waals surface area contributed by atoms with Gasteiger partial charge in [0, 0.05) is 0 Å². The molecule has 0 saturated heterocycles. The highest BCUT2D eigenvalue weighted by Gasteiger charge is 2.48. The normalized spacial score (nSPS) is 14.6. The maximum Gasteiger partial charge on any atom is 0.337 e. The maximum atomic E-state index is 11.5. The van der Waals surface area contributed by atoms with Gasteiger partial charge in [0.2, 0.25) is 5.91 Å². The van der Waals surface area contributed by atoms with Crippen LogP contribution in [0.4, 0.5) is 0 Å². The molecule has 7 heteroatoms. The number of nitrogens with two attached hydrogens (primary N) is 1. The van der Waals surface area contributed by atoms with Crippen molar-refractivity contribution in [1.82, 2.24) is 0 Å². The Bertz CT molecular complexity index is 426. The van der Waals surface area contributed by atoms with Gasteiger partial charge in [0.15, 0.2) is 5.60 Å². The van der Waals surface area contributed by atoms with Crippen molar-refractivity contribution >= 4 is 17.8 Å². The van der Waals surface area contributed by atoms with Gasteiger partial charge in [0.05, 0.1) is 12.3 Å². The number of hydrogen-bond acceptors (Lipinski definition) is 4. The van der Waals surface area contributed by atoms with E-state index in [0.717, 1.165) is 25.7 Å². The summed E-state index contributed by atoms with van der Waals surface area (Å²) in [5.41, 5.74) is 2.55. The van der Waals surface area contributed by atoms with Gasteiger partial charge >= 0.3 is 11.9 Å². The first-order valence-electron chi connectivity index (χ1n) is 9.22. The van der Waals surface area contributed by atoms with Gasteiger partial charge in [0.1, 0.15) is 0 Å². The lowest BCUT2D eigenvalue weighted by atomic mass is 9.80. The molecule has 0 heterocycles. The molecule has 2 atom stereocenters. The van der Waals surface area contributed by atoms with Crippen molar-refractivity contribution in [3.05, 3.63) is 0 Å². The molecule has 1 amide bonds. The van der Waals surface area contributed by atoms with E-state index in [1.165, 1.54) is 32.1 Å². The van der Waals surface area contributed by atoms with Gasteiger partial charge in [-0.1, -0.05) is 71.1 Å². The Morgan fingerprint density at radius 3 is 1.68 bits per heavy atom. The molecule has 0 fully saturated rings. The molecule has 7 nitrogen and oxygen atoms in total. The highest BCUT2D eigenvalue weighted by atomic mass is 16.4. The van der Waals surface area contributed by atoms with E-state index in [1.54, 1.807) is 0 Å². The number of unbranched alkanes of at least 4 members (excludes halogenated alkanes) is 9. The zero-order chi connectivity index (χ0) is 19.3. The number of aliphatic carboxylic acids is 2. The average molecular weight is 359 g/mol. The summed E-state index contributed by atoms with van der Waals surface area (Å²) in [5, 5.41) is 28.1. The number of carboxylic acid groups (broad SMARTS) is 2. The van der Waals surface area contributed by atoms with Crippen LogP contribution in [-0.2, 0) is 14.4 Å². The second-order valence-electron chi connectivity index (χ2n) is 6.73. The Balaban J connectivity index is 4.22. The molecule has 146 valence electrons. The number of amides is 1. The number of carboxylic acids is 2. The first-order valence-corrected chi connectivity index (χ1v) is 9.22. The minimum atomic E-state index is -2.66. The smallest absolute Gasteiger partial charge is 0.337 e. The minimum absolute atomic E-state index is 0.0713. The third kappa shape index (κ3) is 9.43. The molecule has 5 N–H and O–H groups in total. The van der Waals surface area contributed by atoms with Gasteiger partial charge in [0.25, 0.3) is 0 Å². The molecule has 0 aliphatic heterocycles. The van der Waals surface area contributed by atoms with E-state index in [0.29, 0.717) is 6.42 Å². The standard InChI is InChI=1S/C18H33NO6/c1-2-3-4-5-6-7-8-9-10-11-12-14(16(19)22)18(25,17(23)24)13-15(20)21/h14,25H,2-13H2,1H3,(H2,19,22)(H,20,21)(H,23,24). The van der Waals surface area contributed by atoms with E-state index < -0.39 is 35.8 Å². The number of carbonyl (C=O) groups excluding carboxylic acids is 1. The lowest BCUT2D eigenvalue weighted by molar-refractivity contribution is -0.174. The predicted octanol–water partition coefficient (Wildman–Crippen LogP) is 2.69. The van der Waals surface area contributed by atoms with Gasteiger partial charge in [-0.25, -0.2) is 4.79 Å². The van der Waals surface area contributed by atoms with Crippen LogP contribution in [0.5, 0.6) is 0 Å². The van der Waals surface area contributed by atoms with E-state index in [2.05, 4.69) is 6.92 Å². The van der Waals surface area contributed by atoms with Crippen molar-refractivity contribution in [1.29, 1.82) is 0 Å². The highest BCUT2D eigenvalue weighted by Crippen LogP contribution is 2.27. The molecular weight excluding hydrogens is 326 g/mol. The van der Waals surface area contributed by atoms with E-state index in [1.807, 2.05) is 0 Å². The summed E-state index contributed by atoms with van der Waals surface area (Å²) in [4.78, 5) is 33.6. The fourth-order valence-electron chi connectivity index (χ4n) is 3.03. The van der Waals surface area contributed by atoms with Crippen molar-refractivity contribution in [2.75, 3.05) is 0 Å².